The van der Waals surface area contributed by atoms with Crippen LogP contribution in [0.2, 0.25) is 0 Å². The Morgan fingerprint density at radius 1 is 1.47 bits per heavy atom. The van der Waals surface area contributed by atoms with Crippen molar-refractivity contribution in [2.45, 2.75) is 19.4 Å². The van der Waals surface area contributed by atoms with E-state index in [2.05, 4.69) is 15.3 Å². The molecule has 7 heteroatoms. The van der Waals surface area contributed by atoms with E-state index in [-0.39, 0.29) is 5.56 Å². The summed E-state index contributed by atoms with van der Waals surface area (Å²) in [6, 6.07) is 1.38. The van der Waals surface area contributed by atoms with Crippen molar-refractivity contribution >= 4 is 28.8 Å². The van der Waals surface area contributed by atoms with Crippen LogP contribution in [0, 0.1) is 0 Å². The summed E-state index contributed by atoms with van der Waals surface area (Å²) in [6.07, 6.45) is 3.01. The first-order valence-corrected chi connectivity index (χ1v) is 6.45. The van der Waals surface area contributed by atoms with Gasteiger partial charge in [0.15, 0.2) is 0 Å². The average molecular weight is 278 g/mol. The third-order valence-electron chi connectivity index (χ3n) is 2.56. The number of aromatic carboxylic acids is 1. The molecule has 0 aliphatic rings. The van der Waals surface area contributed by atoms with Gasteiger partial charge in [0.1, 0.15) is 10.8 Å². The van der Waals surface area contributed by atoms with Crippen LogP contribution in [0.25, 0.3) is 0 Å². The molecule has 100 valence electrons. The first-order chi connectivity index (χ1) is 8.90. The number of aromatic nitrogens is 2. The van der Waals surface area contributed by atoms with Crippen LogP contribution in [0.15, 0.2) is 23.8 Å². The van der Waals surface area contributed by atoms with Gasteiger partial charge in [0.25, 0.3) is 0 Å². The Labute approximate surface area is 114 Å². The highest BCUT2D eigenvalue weighted by atomic mass is 32.1. The minimum atomic E-state index is -1.05. The molecular weight excluding hydrogens is 264 g/mol. The summed E-state index contributed by atoms with van der Waals surface area (Å²) >= 11 is 1.53. The van der Waals surface area contributed by atoms with E-state index in [0.29, 0.717) is 11.5 Å². The highest BCUT2D eigenvalue weighted by Gasteiger charge is 2.24. The van der Waals surface area contributed by atoms with Gasteiger partial charge in [0.05, 0.1) is 16.8 Å². The summed E-state index contributed by atoms with van der Waals surface area (Å²) in [7, 11) is 0. The molecule has 0 aliphatic carbocycles. The van der Waals surface area contributed by atoms with Crippen LogP contribution in [-0.2, 0) is 5.54 Å². The first kappa shape index (κ1) is 13.3. The molecule has 0 atom stereocenters. The van der Waals surface area contributed by atoms with Gasteiger partial charge in [-0.15, -0.1) is 11.3 Å². The molecule has 0 unspecified atom stereocenters. The van der Waals surface area contributed by atoms with Crippen LogP contribution in [0.4, 0.5) is 11.5 Å². The van der Waals surface area contributed by atoms with Crippen molar-refractivity contribution in [1.82, 2.24) is 9.97 Å². The third kappa shape index (κ3) is 2.82. The van der Waals surface area contributed by atoms with Crippen molar-refractivity contribution in [2.24, 2.45) is 0 Å². The summed E-state index contributed by atoms with van der Waals surface area (Å²) < 4.78 is 0. The maximum absolute atomic E-state index is 10.8. The number of hydrogen-bond acceptors (Lipinski definition) is 6. The summed E-state index contributed by atoms with van der Waals surface area (Å²) in [4.78, 5) is 19.1. The zero-order valence-electron chi connectivity index (χ0n) is 10.5. The van der Waals surface area contributed by atoms with E-state index >= 15 is 0 Å². The number of hydrogen-bond donors (Lipinski definition) is 3. The number of nitrogen functional groups attached to an aromatic ring is 1. The quantitative estimate of drug-likeness (QED) is 0.792. The number of carbonyl (C=O) groups is 1. The lowest BCUT2D eigenvalue weighted by atomic mass is 10.1. The Kier molecular flexibility index (Phi) is 3.39. The van der Waals surface area contributed by atoms with Crippen LogP contribution in [0.1, 0.15) is 29.2 Å². The second-order valence-corrected chi connectivity index (χ2v) is 5.45. The summed E-state index contributed by atoms with van der Waals surface area (Å²) in [5.74, 6) is -0.602. The van der Waals surface area contributed by atoms with Gasteiger partial charge in [0.2, 0.25) is 0 Å². The summed E-state index contributed by atoms with van der Waals surface area (Å²) in [6.45, 7) is 3.91. The minimum absolute atomic E-state index is 0.0649. The lowest BCUT2D eigenvalue weighted by Crippen LogP contribution is -2.28. The number of anilines is 2. The van der Waals surface area contributed by atoms with E-state index in [1.165, 1.54) is 23.6 Å². The van der Waals surface area contributed by atoms with Crippen LogP contribution >= 0.6 is 11.3 Å². The molecule has 0 saturated carbocycles. The van der Waals surface area contributed by atoms with Crippen LogP contribution < -0.4 is 11.1 Å². The second kappa shape index (κ2) is 4.85. The van der Waals surface area contributed by atoms with Crippen molar-refractivity contribution in [3.63, 3.8) is 0 Å². The van der Waals surface area contributed by atoms with Crippen molar-refractivity contribution in [1.29, 1.82) is 0 Å². The van der Waals surface area contributed by atoms with E-state index in [9.17, 15) is 4.79 Å². The molecule has 0 aromatic carbocycles. The molecule has 6 nitrogen and oxygen atoms in total. The molecule has 0 fully saturated rings. The number of nitrogens with zero attached hydrogens (tertiary/aromatic N) is 2. The molecule has 0 amide bonds. The van der Waals surface area contributed by atoms with Crippen molar-refractivity contribution in [2.75, 3.05) is 11.1 Å². The maximum atomic E-state index is 10.8. The predicted molar refractivity (Wildman–Crippen MR) is 74.4 cm³/mol. The van der Waals surface area contributed by atoms with Crippen LogP contribution in [0.3, 0.4) is 0 Å². The van der Waals surface area contributed by atoms with E-state index in [1.54, 1.807) is 6.20 Å². The molecule has 0 aliphatic heterocycles. The van der Waals surface area contributed by atoms with Gasteiger partial charge in [-0.1, -0.05) is 0 Å². The summed E-state index contributed by atoms with van der Waals surface area (Å²) in [5.41, 5.74) is 5.74. The molecule has 19 heavy (non-hydrogen) atoms. The number of thiazole rings is 1. The van der Waals surface area contributed by atoms with Crippen molar-refractivity contribution < 1.29 is 9.90 Å². The van der Waals surface area contributed by atoms with Crippen LogP contribution in [0.5, 0.6) is 0 Å². The Bertz CT molecular complexity index is 596. The fourth-order valence-corrected chi connectivity index (χ4v) is 2.30. The number of carboxylic acid groups (broad SMARTS) is 1. The SMILES string of the molecule is CC(C)(Nc1ncc(C(=O)O)cc1N)c1nccs1. The first-order valence-electron chi connectivity index (χ1n) is 5.57. The Balaban J connectivity index is 2.27. The van der Waals surface area contributed by atoms with Gasteiger partial charge in [-0.05, 0) is 19.9 Å². The zero-order valence-corrected chi connectivity index (χ0v) is 11.4. The lowest BCUT2D eigenvalue weighted by molar-refractivity contribution is 0.0696. The van der Waals surface area contributed by atoms with Gasteiger partial charge in [0, 0.05) is 17.8 Å². The van der Waals surface area contributed by atoms with Gasteiger partial charge in [-0.2, -0.15) is 0 Å². The number of nitrogens with one attached hydrogen (secondary N) is 1. The van der Waals surface area contributed by atoms with Gasteiger partial charge in [-0.3, -0.25) is 0 Å². The van der Waals surface area contributed by atoms with E-state index in [0.717, 1.165) is 5.01 Å². The molecule has 0 saturated heterocycles. The molecule has 4 N–H and O–H groups in total. The normalized spacial score (nSPS) is 11.3. The minimum Gasteiger partial charge on any atom is -0.478 e. The molecule has 2 aromatic rings. The van der Waals surface area contributed by atoms with E-state index in [1.807, 2.05) is 19.2 Å². The van der Waals surface area contributed by atoms with E-state index in [4.69, 9.17) is 10.8 Å². The highest BCUT2D eigenvalue weighted by molar-refractivity contribution is 7.09. The molecule has 2 aromatic heterocycles. The predicted octanol–water partition coefficient (Wildman–Crippen LogP) is 2.17. The highest BCUT2D eigenvalue weighted by Crippen LogP contribution is 2.28. The number of carboxylic acids is 1. The second-order valence-electron chi connectivity index (χ2n) is 4.55. The molecule has 0 radical (unpaired) electrons. The third-order valence-corrected chi connectivity index (χ3v) is 3.66. The average Bonchev–Trinajstić information content (AvgIpc) is 2.85. The fourth-order valence-electron chi connectivity index (χ4n) is 1.58. The molecular formula is C12H14N4O2S. The molecule has 0 spiro atoms. The van der Waals surface area contributed by atoms with Gasteiger partial charge >= 0.3 is 5.97 Å². The largest absolute Gasteiger partial charge is 0.478 e. The molecule has 2 heterocycles. The number of rotatable bonds is 4. The topological polar surface area (TPSA) is 101 Å². The zero-order chi connectivity index (χ0) is 14.0. The monoisotopic (exact) mass is 278 g/mol. The Morgan fingerprint density at radius 3 is 2.74 bits per heavy atom. The van der Waals surface area contributed by atoms with Crippen LogP contribution in [-0.4, -0.2) is 21.0 Å². The number of nitrogens with two attached hydrogens (primary N) is 1. The Morgan fingerprint density at radius 2 is 2.21 bits per heavy atom. The number of pyridine rings is 1. The fraction of sp³-hybridized carbons (Fsp3) is 0.250. The van der Waals surface area contributed by atoms with Gasteiger partial charge < -0.3 is 16.2 Å². The smallest absolute Gasteiger partial charge is 0.337 e. The van der Waals surface area contributed by atoms with Crippen molar-refractivity contribution in [3.8, 4) is 0 Å². The lowest BCUT2D eigenvalue weighted by Gasteiger charge is -2.25. The maximum Gasteiger partial charge on any atom is 0.337 e. The molecule has 0 bridgehead atoms. The Hall–Kier alpha value is -2.15. The van der Waals surface area contributed by atoms with Crippen molar-refractivity contribution in [3.05, 3.63) is 34.4 Å². The molecule has 2 rings (SSSR count). The standard InChI is InChI=1S/C12H14N4O2S/c1-12(2,11-14-3-4-19-11)16-9-8(13)5-7(6-15-9)10(17)18/h3-6H,13H2,1-2H3,(H,15,16)(H,17,18). The van der Waals surface area contributed by atoms with Gasteiger partial charge in [-0.25, -0.2) is 14.8 Å². The van der Waals surface area contributed by atoms with E-state index < -0.39 is 11.5 Å². The summed E-state index contributed by atoms with van der Waals surface area (Å²) in [5, 5.41) is 14.8.